The van der Waals surface area contributed by atoms with Crippen LogP contribution in [0.15, 0.2) is 12.3 Å². The number of aromatic nitrogens is 2. The van der Waals surface area contributed by atoms with Crippen molar-refractivity contribution in [2.75, 3.05) is 24.6 Å². The van der Waals surface area contributed by atoms with Crippen molar-refractivity contribution in [1.29, 1.82) is 0 Å². The first kappa shape index (κ1) is 10.6. The van der Waals surface area contributed by atoms with Gasteiger partial charge in [0.05, 0.1) is 12.2 Å². The van der Waals surface area contributed by atoms with Gasteiger partial charge in [0.1, 0.15) is 5.82 Å². The maximum absolute atomic E-state index is 5.76. The zero-order chi connectivity index (χ0) is 10.9. The second-order valence-electron chi connectivity index (χ2n) is 4.21. The largest absolute Gasteiger partial charge is 0.372 e. The molecule has 0 unspecified atom stereocenters. The predicted molar refractivity (Wildman–Crippen MR) is 59.3 cm³/mol. The number of hydrogen-bond donors (Lipinski definition) is 0. The second-order valence-corrected chi connectivity index (χ2v) is 4.55. The minimum absolute atomic E-state index is 0.129. The second kappa shape index (κ2) is 3.94. The minimum atomic E-state index is -0.129. The van der Waals surface area contributed by atoms with Gasteiger partial charge in [-0.15, -0.1) is 0 Å². The van der Waals surface area contributed by atoms with Gasteiger partial charge in [-0.1, -0.05) is 0 Å². The van der Waals surface area contributed by atoms with Crippen LogP contribution in [0.5, 0.6) is 0 Å². The summed E-state index contributed by atoms with van der Waals surface area (Å²) >= 11 is 5.76. The summed E-state index contributed by atoms with van der Waals surface area (Å²) in [7, 11) is 0. The maximum atomic E-state index is 5.76. The molecular formula is C10H14ClN3O. The SMILES string of the molecule is CC1(C)CN(c2ccnc(Cl)n2)CCO1. The highest BCUT2D eigenvalue weighted by molar-refractivity contribution is 6.28. The van der Waals surface area contributed by atoms with E-state index in [1.165, 1.54) is 0 Å². The van der Waals surface area contributed by atoms with Gasteiger partial charge in [0.15, 0.2) is 0 Å². The molecule has 0 atom stereocenters. The number of morpholine rings is 1. The third kappa shape index (κ3) is 2.58. The van der Waals surface area contributed by atoms with Gasteiger partial charge in [0.2, 0.25) is 5.28 Å². The predicted octanol–water partition coefficient (Wildman–Crippen LogP) is 1.75. The Kier molecular flexibility index (Phi) is 2.80. The Labute approximate surface area is 94.2 Å². The molecule has 0 aliphatic carbocycles. The molecule has 0 aromatic carbocycles. The van der Waals surface area contributed by atoms with Crippen molar-refractivity contribution < 1.29 is 4.74 Å². The van der Waals surface area contributed by atoms with E-state index in [4.69, 9.17) is 16.3 Å². The topological polar surface area (TPSA) is 38.2 Å². The molecule has 0 bridgehead atoms. The molecule has 2 heterocycles. The van der Waals surface area contributed by atoms with Crippen LogP contribution in [0.2, 0.25) is 5.28 Å². The maximum Gasteiger partial charge on any atom is 0.224 e. The molecule has 15 heavy (non-hydrogen) atoms. The number of ether oxygens (including phenoxy) is 1. The number of halogens is 1. The van der Waals surface area contributed by atoms with Crippen LogP contribution in [0.25, 0.3) is 0 Å². The Morgan fingerprint density at radius 2 is 2.33 bits per heavy atom. The summed E-state index contributed by atoms with van der Waals surface area (Å²) in [5, 5.41) is 0.289. The van der Waals surface area contributed by atoms with E-state index in [1.54, 1.807) is 6.20 Å². The summed E-state index contributed by atoms with van der Waals surface area (Å²) in [4.78, 5) is 10.2. The lowest BCUT2D eigenvalue weighted by Gasteiger charge is -2.38. The van der Waals surface area contributed by atoms with E-state index in [0.717, 1.165) is 18.9 Å². The van der Waals surface area contributed by atoms with Crippen molar-refractivity contribution in [3.8, 4) is 0 Å². The summed E-state index contributed by atoms with van der Waals surface area (Å²) < 4.78 is 5.63. The first-order valence-corrected chi connectivity index (χ1v) is 5.32. The molecule has 1 aliphatic rings. The molecule has 0 saturated carbocycles. The summed E-state index contributed by atoms with van der Waals surface area (Å²) in [5.74, 6) is 0.867. The van der Waals surface area contributed by atoms with Gasteiger partial charge in [0.25, 0.3) is 0 Å². The van der Waals surface area contributed by atoms with Gasteiger partial charge in [-0.25, -0.2) is 9.97 Å². The van der Waals surface area contributed by atoms with E-state index in [0.29, 0.717) is 6.61 Å². The Hall–Kier alpha value is -0.870. The van der Waals surface area contributed by atoms with Gasteiger partial charge < -0.3 is 9.64 Å². The first-order chi connectivity index (χ1) is 7.07. The van der Waals surface area contributed by atoms with E-state index in [2.05, 4.69) is 28.7 Å². The summed E-state index contributed by atoms with van der Waals surface area (Å²) in [6, 6.07) is 1.87. The standard InChI is InChI=1S/C10H14ClN3O/c1-10(2)7-14(5-6-15-10)8-3-4-12-9(11)13-8/h3-4H,5-7H2,1-2H3. The molecule has 2 rings (SSSR count). The van der Waals surface area contributed by atoms with Gasteiger partial charge in [-0.3, -0.25) is 0 Å². The zero-order valence-corrected chi connectivity index (χ0v) is 9.66. The van der Waals surface area contributed by atoms with Gasteiger partial charge >= 0.3 is 0 Å². The fraction of sp³-hybridized carbons (Fsp3) is 0.600. The highest BCUT2D eigenvalue weighted by Gasteiger charge is 2.27. The smallest absolute Gasteiger partial charge is 0.224 e. The van der Waals surface area contributed by atoms with Crippen LogP contribution >= 0.6 is 11.6 Å². The lowest BCUT2D eigenvalue weighted by Crippen LogP contribution is -2.48. The Morgan fingerprint density at radius 3 is 3.00 bits per heavy atom. The molecule has 0 N–H and O–H groups in total. The molecule has 1 aromatic rings. The molecular weight excluding hydrogens is 214 g/mol. The first-order valence-electron chi connectivity index (χ1n) is 4.94. The van der Waals surface area contributed by atoms with Crippen LogP contribution in [-0.2, 0) is 4.74 Å². The Morgan fingerprint density at radius 1 is 1.53 bits per heavy atom. The molecule has 82 valence electrons. The quantitative estimate of drug-likeness (QED) is 0.686. The van der Waals surface area contributed by atoms with Crippen LogP contribution in [0.3, 0.4) is 0 Å². The fourth-order valence-corrected chi connectivity index (χ4v) is 1.86. The van der Waals surface area contributed by atoms with Gasteiger partial charge in [-0.2, -0.15) is 0 Å². The summed E-state index contributed by atoms with van der Waals surface area (Å²) in [6.45, 7) is 6.52. The fourth-order valence-electron chi connectivity index (χ4n) is 1.71. The van der Waals surface area contributed by atoms with Crippen LogP contribution in [0.4, 0.5) is 5.82 Å². The zero-order valence-electron chi connectivity index (χ0n) is 8.90. The summed E-state index contributed by atoms with van der Waals surface area (Å²) in [6.07, 6.45) is 1.67. The van der Waals surface area contributed by atoms with Gasteiger partial charge in [-0.05, 0) is 31.5 Å². The van der Waals surface area contributed by atoms with Crippen LogP contribution in [0.1, 0.15) is 13.8 Å². The average molecular weight is 228 g/mol. The van der Waals surface area contributed by atoms with Gasteiger partial charge in [0, 0.05) is 19.3 Å². The van der Waals surface area contributed by atoms with Crippen molar-refractivity contribution in [3.05, 3.63) is 17.5 Å². The molecule has 1 aliphatic heterocycles. The van der Waals surface area contributed by atoms with Crippen molar-refractivity contribution >= 4 is 17.4 Å². The third-order valence-corrected chi connectivity index (χ3v) is 2.54. The lowest BCUT2D eigenvalue weighted by atomic mass is 10.1. The molecule has 4 nitrogen and oxygen atoms in total. The number of nitrogens with zero attached hydrogens (tertiary/aromatic N) is 3. The minimum Gasteiger partial charge on any atom is -0.372 e. The van der Waals surface area contributed by atoms with Crippen LogP contribution in [0, 0.1) is 0 Å². The third-order valence-electron chi connectivity index (χ3n) is 2.36. The molecule has 0 radical (unpaired) electrons. The molecule has 1 aromatic heterocycles. The highest BCUT2D eigenvalue weighted by atomic mass is 35.5. The molecule has 0 spiro atoms. The average Bonchev–Trinajstić information content (AvgIpc) is 2.16. The number of rotatable bonds is 1. The normalized spacial score (nSPS) is 20.3. The van der Waals surface area contributed by atoms with Crippen molar-refractivity contribution in [2.45, 2.75) is 19.4 Å². The van der Waals surface area contributed by atoms with Crippen molar-refractivity contribution in [3.63, 3.8) is 0 Å². The molecule has 5 heteroatoms. The van der Waals surface area contributed by atoms with E-state index < -0.39 is 0 Å². The van der Waals surface area contributed by atoms with E-state index in [1.807, 2.05) is 6.07 Å². The van der Waals surface area contributed by atoms with E-state index in [-0.39, 0.29) is 10.9 Å². The molecule has 1 saturated heterocycles. The highest BCUT2D eigenvalue weighted by Crippen LogP contribution is 2.21. The van der Waals surface area contributed by atoms with E-state index >= 15 is 0 Å². The van der Waals surface area contributed by atoms with Crippen LogP contribution in [-0.4, -0.2) is 35.3 Å². The Bertz CT molecular complexity index is 356. The lowest BCUT2D eigenvalue weighted by molar-refractivity contribution is -0.0279. The van der Waals surface area contributed by atoms with Crippen molar-refractivity contribution in [1.82, 2.24) is 9.97 Å². The molecule has 0 amide bonds. The molecule has 1 fully saturated rings. The van der Waals surface area contributed by atoms with Crippen molar-refractivity contribution in [2.24, 2.45) is 0 Å². The Balaban J connectivity index is 2.17. The number of anilines is 1. The monoisotopic (exact) mass is 227 g/mol. The number of hydrogen-bond acceptors (Lipinski definition) is 4. The van der Waals surface area contributed by atoms with E-state index in [9.17, 15) is 0 Å². The summed E-state index contributed by atoms with van der Waals surface area (Å²) in [5.41, 5.74) is -0.129. The van der Waals surface area contributed by atoms with Crippen LogP contribution < -0.4 is 4.90 Å².